The average Bonchev–Trinajstić information content (AvgIpc) is 3.01. The number of rotatable bonds is 5. The number of hydrogen-bond donors (Lipinski definition) is 2. The Hall–Kier alpha value is -2.02. The quantitative estimate of drug-likeness (QED) is 0.465. The molecule has 2 rings (SSSR count). The monoisotopic (exact) mass is 379 g/mol. The summed E-state index contributed by atoms with van der Waals surface area (Å²) in [4.78, 5) is 16.0. The van der Waals surface area contributed by atoms with E-state index in [4.69, 9.17) is 13.9 Å². The predicted molar refractivity (Wildman–Crippen MR) is 105 cm³/mol. The Bertz CT molecular complexity index is 661. The summed E-state index contributed by atoms with van der Waals surface area (Å²) in [6, 6.07) is 1.70. The molecule has 27 heavy (non-hydrogen) atoms. The molecule has 0 radical (unpaired) electrons. The molecule has 1 aromatic rings. The van der Waals surface area contributed by atoms with Crippen LogP contribution in [0.3, 0.4) is 0 Å². The predicted octanol–water partition coefficient (Wildman–Crippen LogP) is 2.88. The maximum Gasteiger partial charge on any atom is 0.341 e. The van der Waals surface area contributed by atoms with Gasteiger partial charge in [-0.05, 0) is 31.2 Å². The number of aryl methyl sites for hydroxylation is 1. The van der Waals surface area contributed by atoms with Crippen LogP contribution in [0, 0.1) is 18.3 Å². The number of esters is 1. The van der Waals surface area contributed by atoms with E-state index in [2.05, 4.69) is 36.4 Å². The van der Waals surface area contributed by atoms with Gasteiger partial charge in [0, 0.05) is 26.1 Å². The SMILES string of the molecule is CN=C(NCc1cc(C(=O)OC)c(C)o1)NCC1CCCOC1C(C)(C)C. The molecule has 2 atom stereocenters. The van der Waals surface area contributed by atoms with Crippen molar-refractivity contribution in [1.82, 2.24) is 10.6 Å². The number of nitrogens with zero attached hydrogens (tertiary/aromatic N) is 1. The highest BCUT2D eigenvalue weighted by Gasteiger charge is 2.35. The number of aliphatic imine (C=N–C) groups is 1. The van der Waals surface area contributed by atoms with E-state index in [0.29, 0.717) is 35.5 Å². The van der Waals surface area contributed by atoms with Crippen LogP contribution < -0.4 is 10.6 Å². The van der Waals surface area contributed by atoms with Gasteiger partial charge in [0.2, 0.25) is 0 Å². The second-order valence-electron chi connectivity index (χ2n) is 8.04. The largest absolute Gasteiger partial charge is 0.465 e. The Balaban J connectivity index is 1.90. The van der Waals surface area contributed by atoms with Crippen LogP contribution in [0.5, 0.6) is 0 Å². The van der Waals surface area contributed by atoms with Crippen LogP contribution in [0.2, 0.25) is 0 Å². The lowest BCUT2D eigenvalue weighted by atomic mass is 9.78. The van der Waals surface area contributed by atoms with Gasteiger partial charge in [-0.1, -0.05) is 20.8 Å². The lowest BCUT2D eigenvalue weighted by Gasteiger charge is -2.40. The minimum absolute atomic E-state index is 0.111. The molecule has 0 amide bonds. The third kappa shape index (κ3) is 5.73. The molecular weight excluding hydrogens is 346 g/mol. The van der Waals surface area contributed by atoms with Crippen molar-refractivity contribution in [3.8, 4) is 0 Å². The Kier molecular flexibility index (Phi) is 7.30. The van der Waals surface area contributed by atoms with Crippen LogP contribution in [0.15, 0.2) is 15.5 Å². The van der Waals surface area contributed by atoms with Crippen LogP contribution in [-0.2, 0) is 16.0 Å². The van der Waals surface area contributed by atoms with Crippen molar-refractivity contribution in [2.24, 2.45) is 16.3 Å². The first kappa shape index (κ1) is 21.3. The maximum atomic E-state index is 11.7. The molecule has 0 aliphatic carbocycles. The number of carbonyl (C=O) groups is 1. The summed E-state index contributed by atoms with van der Waals surface area (Å²) in [5.74, 6) is 1.95. The summed E-state index contributed by atoms with van der Waals surface area (Å²) < 4.78 is 16.4. The highest BCUT2D eigenvalue weighted by atomic mass is 16.5. The molecule has 0 aromatic carbocycles. The first-order valence-electron chi connectivity index (χ1n) is 9.50. The Labute approximate surface area is 161 Å². The number of methoxy groups -OCH3 is 1. The van der Waals surface area contributed by atoms with Crippen LogP contribution in [0.25, 0.3) is 0 Å². The number of guanidine groups is 1. The number of carbonyl (C=O) groups excluding carboxylic acids is 1. The molecule has 2 N–H and O–H groups in total. The Morgan fingerprint density at radius 2 is 2.11 bits per heavy atom. The number of nitrogens with one attached hydrogen (secondary N) is 2. The first-order chi connectivity index (χ1) is 12.8. The van der Waals surface area contributed by atoms with E-state index in [1.807, 2.05) is 0 Å². The minimum Gasteiger partial charge on any atom is -0.465 e. The summed E-state index contributed by atoms with van der Waals surface area (Å²) in [7, 11) is 3.10. The lowest BCUT2D eigenvalue weighted by molar-refractivity contribution is -0.0835. The highest BCUT2D eigenvalue weighted by molar-refractivity contribution is 5.90. The first-order valence-corrected chi connectivity index (χ1v) is 9.50. The van der Waals surface area contributed by atoms with E-state index in [9.17, 15) is 4.79 Å². The van der Waals surface area contributed by atoms with Crippen molar-refractivity contribution in [1.29, 1.82) is 0 Å². The van der Waals surface area contributed by atoms with E-state index >= 15 is 0 Å². The van der Waals surface area contributed by atoms with Crippen molar-refractivity contribution in [3.05, 3.63) is 23.2 Å². The molecule has 152 valence electrons. The van der Waals surface area contributed by atoms with Gasteiger partial charge in [0.05, 0.1) is 19.8 Å². The third-order valence-electron chi connectivity index (χ3n) is 4.86. The fourth-order valence-corrected chi connectivity index (χ4v) is 3.57. The summed E-state index contributed by atoms with van der Waals surface area (Å²) in [6.45, 7) is 10.5. The molecule has 1 aromatic heterocycles. The van der Waals surface area contributed by atoms with Crippen molar-refractivity contribution in [2.75, 3.05) is 27.3 Å². The molecule has 1 aliphatic heterocycles. The van der Waals surface area contributed by atoms with Gasteiger partial charge in [-0.3, -0.25) is 4.99 Å². The van der Waals surface area contributed by atoms with Gasteiger partial charge in [-0.2, -0.15) is 0 Å². The lowest BCUT2D eigenvalue weighted by Crippen LogP contribution is -2.47. The van der Waals surface area contributed by atoms with E-state index < -0.39 is 5.97 Å². The summed E-state index contributed by atoms with van der Waals surface area (Å²) in [5, 5.41) is 6.62. The average molecular weight is 380 g/mol. The minimum atomic E-state index is -0.393. The molecule has 2 heterocycles. The number of furan rings is 1. The third-order valence-corrected chi connectivity index (χ3v) is 4.86. The highest BCUT2D eigenvalue weighted by Crippen LogP contribution is 2.33. The molecule has 0 bridgehead atoms. The van der Waals surface area contributed by atoms with Crippen molar-refractivity contribution < 1.29 is 18.7 Å². The summed E-state index contributed by atoms with van der Waals surface area (Å²) in [6.07, 6.45) is 2.46. The Morgan fingerprint density at radius 3 is 2.74 bits per heavy atom. The van der Waals surface area contributed by atoms with Gasteiger partial charge in [0.25, 0.3) is 0 Å². The van der Waals surface area contributed by atoms with Gasteiger partial charge in [0.15, 0.2) is 5.96 Å². The molecule has 0 spiro atoms. The van der Waals surface area contributed by atoms with Crippen LogP contribution in [0.1, 0.15) is 55.5 Å². The van der Waals surface area contributed by atoms with Gasteiger partial charge >= 0.3 is 5.97 Å². The zero-order chi connectivity index (χ0) is 20.0. The Morgan fingerprint density at radius 1 is 1.37 bits per heavy atom. The molecular formula is C20H33N3O4. The number of ether oxygens (including phenoxy) is 2. The maximum absolute atomic E-state index is 11.7. The van der Waals surface area contributed by atoms with Gasteiger partial charge in [0.1, 0.15) is 17.1 Å². The molecule has 1 fully saturated rings. The molecule has 1 aliphatic rings. The van der Waals surface area contributed by atoms with Gasteiger partial charge in [-0.15, -0.1) is 0 Å². The van der Waals surface area contributed by atoms with Crippen LogP contribution >= 0.6 is 0 Å². The molecule has 1 saturated heterocycles. The summed E-state index contributed by atoms with van der Waals surface area (Å²) in [5.41, 5.74) is 0.560. The normalized spacial score (nSPS) is 21.0. The van der Waals surface area contributed by atoms with Crippen LogP contribution in [0.4, 0.5) is 0 Å². The molecule has 7 nitrogen and oxygen atoms in total. The van der Waals surface area contributed by atoms with E-state index in [1.165, 1.54) is 7.11 Å². The van der Waals surface area contributed by atoms with Gasteiger partial charge < -0.3 is 24.5 Å². The van der Waals surface area contributed by atoms with E-state index in [1.54, 1.807) is 20.0 Å². The van der Waals surface area contributed by atoms with Crippen molar-refractivity contribution in [2.45, 2.75) is 53.2 Å². The molecule has 0 saturated carbocycles. The fraction of sp³-hybridized carbons (Fsp3) is 0.700. The van der Waals surface area contributed by atoms with Crippen molar-refractivity contribution in [3.63, 3.8) is 0 Å². The molecule has 7 heteroatoms. The second-order valence-corrected chi connectivity index (χ2v) is 8.04. The standard InChI is InChI=1S/C20H33N3O4/c1-13-16(18(24)25-6)10-15(27-13)12-23-19(21-5)22-11-14-8-7-9-26-17(14)20(2,3)4/h10,14,17H,7-9,11-12H2,1-6H3,(H2,21,22,23). The second kappa shape index (κ2) is 9.26. The molecule has 2 unspecified atom stereocenters. The van der Waals surface area contributed by atoms with Crippen molar-refractivity contribution >= 4 is 11.9 Å². The smallest absolute Gasteiger partial charge is 0.341 e. The van der Waals surface area contributed by atoms with E-state index in [0.717, 1.165) is 26.0 Å². The fourth-order valence-electron chi connectivity index (χ4n) is 3.57. The zero-order valence-electron chi connectivity index (χ0n) is 17.3. The van der Waals surface area contributed by atoms with E-state index in [-0.39, 0.29) is 11.5 Å². The zero-order valence-corrected chi connectivity index (χ0v) is 17.3. The van der Waals surface area contributed by atoms with Crippen LogP contribution in [-0.4, -0.2) is 45.3 Å². The van der Waals surface area contributed by atoms with Gasteiger partial charge in [-0.25, -0.2) is 4.79 Å². The topological polar surface area (TPSA) is 85.1 Å². The number of hydrogen-bond acceptors (Lipinski definition) is 5. The summed E-state index contributed by atoms with van der Waals surface area (Å²) >= 11 is 0.